The first-order valence-electron chi connectivity index (χ1n) is 6.49. The molecule has 19 heavy (non-hydrogen) atoms. The minimum absolute atomic E-state index is 0.206. The van der Waals surface area contributed by atoms with E-state index in [0.29, 0.717) is 18.3 Å². The van der Waals surface area contributed by atoms with Crippen molar-refractivity contribution >= 4 is 5.97 Å². The van der Waals surface area contributed by atoms with Crippen LogP contribution in [0.1, 0.15) is 28.9 Å². The Morgan fingerprint density at radius 3 is 2.74 bits per heavy atom. The second-order valence-corrected chi connectivity index (χ2v) is 5.16. The highest BCUT2D eigenvalue weighted by atomic mass is 16.4. The first-order chi connectivity index (χ1) is 9.08. The number of nitrogens with zero attached hydrogens (tertiary/aromatic N) is 4. The third kappa shape index (κ3) is 3.48. The molecule has 1 fully saturated rings. The number of carboxylic acids is 1. The monoisotopic (exact) mass is 264 g/mol. The molecule has 0 aromatic carbocycles. The lowest BCUT2D eigenvalue weighted by Gasteiger charge is -2.35. The van der Waals surface area contributed by atoms with Gasteiger partial charge in [-0.3, -0.25) is 4.90 Å². The van der Waals surface area contributed by atoms with Gasteiger partial charge in [0.1, 0.15) is 11.9 Å². The first kappa shape index (κ1) is 13.9. The Kier molecular flexibility index (Phi) is 4.44. The lowest BCUT2D eigenvalue weighted by atomic mass is 10.0. The molecule has 1 aliphatic rings. The van der Waals surface area contributed by atoms with Crippen LogP contribution >= 0.6 is 0 Å². The van der Waals surface area contributed by atoms with Crippen molar-refractivity contribution in [3.05, 3.63) is 23.8 Å². The molecule has 0 unspecified atom stereocenters. The standard InChI is InChI=1S/C13H20N4O2/c1-16(2)10-3-5-17(6-4-10)8-12-11(13(18)19)7-14-9-15-12/h7,9-10H,3-6,8H2,1-2H3,(H,18,19). The minimum Gasteiger partial charge on any atom is -0.478 e. The average Bonchev–Trinajstić information content (AvgIpc) is 2.39. The Morgan fingerprint density at radius 1 is 1.47 bits per heavy atom. The van der Waals surface area contributed by atoms with E-state index in [1.165, 1.54) is 12.5 Å². The molecule has 1 N–H and O–H groups in total. The normalized spacial score (nSPS) is 17.8. The Bertz CT molecular complexity index is 442. The number of likely N-dealkylation sites (tertiary alicyclic amines) is 1. The van der Waals surface area contributed by atoms with Gasteiger partial charge in [0.05, 0.1) is 5.69 Å². The van der Waals surface area contributed by atoms with Crippen LogP contribution in [0.3, 0.4) is 0 Å². The number of carboxylic acid groups (broad SMARTS) is 1. The highest BCUT2D eigenvalue weighted by molar-refractivity contribution is 5.88. The van der Waals surface area contributed by atoms with Crippen molar-refractivity contribution in [2.24, 2.45) is 0 Å². The predicted octanol–water partition coefficient (Wildman–Crippen LogP) is 0.701. The number of aromatic nitrogens is 2. The fourth-order valence-electron chi connectivity index (χ4n) is 2.47. The van der Waals surface area contributed by atoms with Gasteiger partial charge in [0, 0.05) is 31.9 Å². The van der Waals surface area contributed by atoms with E-state index in [9.17, 15) is 4.79 Å². The van der Waals surface area contributed by atoms with Crippen LogP contribution < -0.4 is 0 Å². The molecule has 0 aliphatic carbocycles. The summed E-state index contributed by atoms with van der Waals surface area (Å²) in [6.07, 6.45) is 5.01. The third-order valence-electron chi connectivity index (χ3n) is 3.69. The molecule has 2 heterocycles. The summed E-state index contributed by atoms with van der Waals surface area (Å²) in [6, 6.07) is 0.626. The molecule has 6 nitrogen and oxygen atoms in total. The van der Waals surface area contributed by atoms with Gasteiger partial charge in [0.15, 0.2) is 0 Å². The van der Waals surface area contributed by atoms with Crippen LogP contribution in [-0.2, 0) is 6.54 Å². The van der Waals surface area contributed by atoms with E-state index in [0.717, 1.165) is 25.9 Å². The average molecular weight is 264 g/mol. The molecule has 0 amide bonds. The van der Waals surface area contributed by atoms with Crippen molar-refractivity contribution in [1.29, 1.82) is 0 Å². The molecule has 0 radical (unpaired) electrons. The van der Waals surface area contributed by atoms with Crippen LogP contribution in [0.25, 0.3) is 0 Å². The van der Waals surface area contributed by atoms with Gasteiger partial charge in [0.25, 0.3) is 0 Å². The van der Waals surface area contributed by atoms with E-state index in [1.54, 1.807) is 0 Å². The van der Waals surface area contributed by atoms with Crippen molar-refractivity contribution in [3.63, 3.8) is 0 Å². The van der Waals surface area contributed by atoms with Crippen LogP contribution in [0, 0.1) is 0 Å². The van der Waals surface area contributed by atoms with E-state index in [2.05, 4.69) is 33.9 Å². The molecular weight excluding hydrogens is 244 g/mol. The largest absolute Gasteiger partial charge is 0.478 e. The van der Waals surface area contributed by atoms with E-state index < -0.39 is 5.97 Å². The molecule has 1 aromatic heterocycles. The van der Waals surface area contributed by atoms with Gasteiger partial charge in [0.2, 0.25) is 0 Å². The van der Waals surface area contributed by atoms with E-state index >= 15 is 0 Å². The maximum atomic E-state index is 11.1. The second-order valence-electron chi connectivity index (χ2n) is 5.16. The van der Waals surface area contributed by atoms with Crippen molar-refractivity contribution in [2.45, 2.75) is 25.4 Å². The molecule has 1 aliphatic heterocycles. The molecule has 2 rings (SSSR count). The van der Waals surface area contributed by atoms with Crippen LogP contribution in [0.4, 0.5) is 0 Å². The van der Waals surface area contributed by atoms with Crippen LogP contribution in [0.15, 0.2) is 12.5 Å². The maximum absolute atomic E-state index is 11.1. The topological polar surface area (TPSA) is 69.6 Å². The number of aromatic carboxylic acids is 1. The Labute approximate surface area is 113 Å². The van der Waals surface area contributed by atoms with Gasteiger partial charge >= 0.3 is 5.97 Å². The Hall–Kier alpha value is -1.53. The number of rotatable bonds is 4. The molecule has 0 bridgehead atoms. The van der Waals surface area contributed by atoms with Gasteiger partial charge in [-0.2, -0.15) is 0 Å². The Morgan fingerprint density at radius 2 is 2.16 bits per heavy atom. The molecule has 0 atom stereocenters. The summed E-state index contributed by atoms with van der Waals surface area (Å²) in [5, 5.41) is 9.10. The van der Waals surface area contributed by atoms with Gasteiger partial charge in [-0.05, 0) is 26.9 Å². The van der Waals surface area contributed by atoms with Crippen molar-refractivity contribution in [2.75, 3.05) is 27.2 Å². The van der Waals surface area contributed by atoms with Gasteiger partial charge in [-0.15, -0.1) is 0 Å². The number of hydrogen-bond acceptors (Lipinski definition) is 5. The summed E-state index contributed by atoms with van der Waals surface area (Å²) in [5.74, 6) is -0.959. The van der Waals surface area contributed by atoms with Crippen molar-refractivity contribution in [3.8, 4) is 0 Å². The van der Waals surface area contributed by atoms with E-state index in [1.807, 2.05) is 0 Å². The predicted molar refractivity (Wildman–Crippen MR) is 71.0 cm³/mol. The molecule has 1 saturated heterocycles. The summed E-state index contributed by atoms with van der Waals surface area (Å²) in [4.78, 5) is 23.5. The van der Waals surface area contributed by atoms with Crippen LogP contribution in [0.2, 0.25) is 0 Å². The molecule has 104 valence electrons. The molecule has 0 spiro atoms. The zero-order valence-electron chi connectivity index (χ0n) is 11.4. The number of hydrogen-bond donors (Lipinski definition) is 1. The SMILES string of the molecule is CN(C)C1CCN(Cc2ncncc2C(=O)O)CC1. The lowest BCUT2D eigenvalue weighted by Crippen LogP contribution is -2.41. The van der Waals surface area contributed by atoms with E-state index in [4.69, 9.17) is 5.11 Å². The van der Waals surface area contributed by atoms with Crippen LogP contribution in [-0.4, -0.2) is 64.1 Å². The maximum Gasteiger partial charge on any atom is 0.339 e. The summed E-state index contributed by atoms with van der Waals surface area (Å²) < 4.78 is 0. The van der Waals surface area contributed by atoms with Gasteiger partial charge < -0.3 is 10.0 Å². The first-order valence-corrected chi connectivity index (χ1v) is 6.49. The fourth-order valence-corrected chi connectivity index (χ4v) is 2.47. The van der Waals surface area contributed by atoms with Gasteiger partial charge in [-0.1, -0.05) is 0 Å². The summed E-state index contributed by atoms with van der Waals surface area (Å²) in [7, 11) is 4.21. The molecule has 1 aromatic rings. The second kappa shape index (κ2) is 6.08. The highest BCUT2D eigenvalue weighted by Crippen LogP contribution is 2.17. The lowest BCUT2D eigenvalue weighted by molar-refractivity contribution is 0.0691. The summed E-state index contributed by atoms with van der Waals surface area (Å²) in [5.41, 5.74) is 0.808. The minimum atomic E-state index is -0.959. The third-order valence-corrected chi connectivity index (χ3v) is 3.69. The quantitative estimate of drug-likeness (QED) is 0.863. The molecule has 0 saturated carbocycles. The smallest absolute Gasteiger partial charge is 0.339 e. The van der Waals surface area contributed by atoms with Crippen molar-refractivity contribution < 1.29 is 9.90 Å². The van der Waals surface area contributed by atoms with Gasteiger partial charge in [-0.25, -0.2) is 14.8 Å². The van der Waals surface area contributed by atoms with E-state index in [-0.39, 0.29) is 5.56 Å². The fraction of sp³-hybridized carbons (Fsp3) is 0.615. The summed E-state index contributed by atoms with van der Waals surface area (Å²) >= 11 is 0. The highest BCUT2D eigenvalue weighted by Gasteiger charge is 2.22. The summed E-state index contributed by atoms with van der Waals surface area (Å²) in [6.45, 7) is 2.54. The molecule has 6 heteroatoms. The zero-order valence-corrected chi connectivity index (χ0v) is 11.4. The number of piperidine rings is 1. The van der Waals surface area contributed by atoms with Crippen LogP contribution in [0.5, 0.6) is 0 Å². The zero-order chi connectivity index (χ0) is 13.8. The number of carbonyl (C=O) groups is 1. The van der Waals surface area contributed by atoms with Crippen molar-refractivity contribution in [1.82, 2.24) is 19.8 Å². The molecular formula is C13H20N4O2. The Balaban J connectivity index is 1.98.